The van der Waals surface area contributed by atoms with E-state index in [4.69, 9.17) is 14.5 Å². The van der Waals surface area contributed by atoms with Crippen LogP contribution in [-0.2, 0) is 20.0 Å². The van der Waals surface area contributed by atoms with Gasteiger partial charge in [0.2, 0.25) is 0 Å². The molecule has 0 amide bonds. The number of aryl methyl sites for hydroxylation is 2. The molecule has 0 aliphatic carbocycles. The molecular weight excluding hydrogens is 342 g/mol. The molecule has 0 aliphatic rings. The highest BCUT2D eigenvalue weighted by molar-refractivity contribution is 5.79. The zero-order valence-electron chi connectivity index (χ0n) is 17.2. The highest BCUT2D eigenvalue weighted by Crippen LogP contribution is 2.27. The van der Waals surface area contributed by atoms with Crippen molar-refractivity contribution in [1.82, 2.24) is 20.4 Å². The first-order valence-electron chi connectivity index (χ1n) is 9.22. The van der Waals surface area contributed by atoms with Crippen LogP contribution in [0, 0.1) is 13.8 Å². The van der Waals surface area contributed by atoms with E-state index >= 15 is 0 Å². The minimum Gasteiger partial charge on any atom is -0.493 e. The topological polar surface area (TPSA) is 72.7 Å². The first kappa shape index (κ1) is 20.6. The molecule has 0 fully saturated rings. The summed E-state index contributed by atoms with van der Waals surface area (Å²) >= 11 is 0. The van der Waals surface area contributed by atoms with Gasteiger partial charge in [0.15, 0.2) is 17.5 Å². The van der Waals surface area contributed by atoms with Crippen molar-refractivity contribution < 1.29 is 9.47 Å². The van der Waals surface area contributed by atoms with Gasteiger partial charge in [-0.1, -0.05) is 6.07 Å². The lowest BCUT2D eigenvalue weighted by molar-refractivity contribution is 0.354. The Hall–Kier alpha value is -2.70. The highest BCUT2D eigenvalue weighted by Gasteiger charge is 2.09. The van der Waals surface area contributed by atoms with Gasteiger partial charge in [0, 0.05) is 31.4 Å². The summed E-state index contributed by atoms with van der Waals surface area (Å²) in [6.07, 6.45) is 0.857. The Morgan fingerprint density at radius 1 is 1.15 bits per heavy atom. The molecule has 27 heavy (non-hydrogen) atoms. The molecule has 7 heteroatoms. The molecule has 2 rings (SSSR count). The molecule has 148 valence electrons. The molecule has 7 nitrogen and oxygen atoms in total. The third-order valence-corrected chi connectivity index (χ3v) is 4.55. The summed E-state index contributed by atoms with van der Waals surface area (Å²) in [5.41, 5.74) is 4.53. The van der Waals surface area contributed by atoms with E-state index in [9.17, 15) is 0 Å². The smallest absolute Gasteiger partial charge is 0.191 e. The van der Waals surface area contributed by atoms with Crippen molar-refractivity contribution in [3.05, 3.63) is 40.7 Å². The maximum atomic E-state index is 5.37. The molecule has 0 bridgehead atoms. The Balaban J connectivity index is 1.98. The molecule has 1 aromatic heterocycles. The molecule has 1 aromatic carbocycles. The van der Waals surface area contributed by atoms with Crippen LogP contribution in [0.5, 0.6) is 11.5 Å². The molecule has 2 N–H and O–H groups in total. The molecule has 1 heterocycles. The number of benzene rings is 1. The van der Waals surface area contributed by atoms with Gasteiger partial charge in [-0.15, -0.1) is 0 Å². The summed E-state index contributed by atoms with van der Waals surface area (Å²) in [5.74, 6) is 2.30. The van der Waals surface area contributed by atoms with E-state index in [1.807, 2.05) is 30.8 Å². The van der Waals surface area contributed by atoms with E-state index in [0.29, 0.717) is 6.54 Å². The monoisotopic (exact) mass is 373 g/mol. The fourth-order valence-electron chi connectivity index (χ4n) is 2.91. The van der Waals surface area contributed by atoms with E-state index < -0.39 is 0 Å². The van der Waals surface area contributed by atoms with Crippen LogP contribution in [0.1, 0.15) is 29.4 Å². The summed E-state index contributed by atoms with van der Waals surface area (Å²) in [4.78, 5) is 4.71. The van der Waals surface area contributed by atoms with Crippen LogP contribution >= 0.6 is 0 Å². The second kappa shape index (κ2) is 9.85. The van der Waals surface area contributed by atoms with Gasteiger partial charge in [0.1, 0.15) is 0 Å². The Labute approximate surface area is 161 Å². The van der Waals surface area contributed by atoms with Gasteiger partial charge in [-0.25, -0.2) is 4.99 Å². The Morgan fingerprint density at radius 3 is 2.48 bits per heavy atom. The van der Waals surface area contributed by atoms with E-state index in [-0.39, 0.29) is 0 Å². The van der Waals surface area contributed by atoms with E-state index in [0.717, 1.165) is 48.4 Å². The van der Waals surface area contributed by atoms with Crippen molar-refractivity contribution in [1.29, 1.82) is 0 Å². The normalized spacial score (nSPS) is 11.4. The molecule has 0 unspecified atom stereocenters. The molecule has 0 radical (unpaired) electrons. The van der Waals surface area contributed by atoms with Crippen molar-refractivity contribution in [2.75, 3.05) is 27.3 Å². The van der Waals surface area contributed by atoms with E-state index in [1.165, 1.54) is 11.1 Å². The van der Waals surface area contributed by atoms with Gasteiger partial charge in [0.25, 0.3) is 0 Å². The number of rotatable bonds is 8. The SMILES string of the molecule is CCNC(=NCc1c(C)nn(C)c1C)NCCc1ccc(OC)c(OC)c1. The van der Waals surface area contributed by atoms with Crippen LogP contribution in [0.15, 0.2) is 23.2 Å². The van der Waals surface area contributed by atoms with Gasteiger partial charge in [0.05, 0.1) is 26.5 Å². The molecule has 0 saturated carbocycles. The lowest BCUT2D eigenvalue weighted by atomic mass is 10.1. The number of nitrogens with one attached hydrogen (secondary N) is 2. The Kier molecular flexibility index (Phi) is 7.52. The maximum absolute atomic E-state index is 5.37. The standard InChI is InChI=1S/C20H31N5O2/c1-7-21-20(23-13-17-14(2)24-25(4)15(17)3)22-11-10-16-8-9-18(26-5)19(12-16)27-6/h8-9,12H,7,10-11,13H2,1-6H3,(H2,21,22,23). The number of hydrogen-bond acceptors (Lipinski definition) is 4. The fraction of sp³-hybridized carbons (Fsp3) is 0.500. The number of aliphatic imine (C=N–C) groups is 1. The summed E-state index contributed by atoms with van der Waals surface area (Å²) in [7, 11) is 5.25. The third-order valence-electron chi connectivity index (χ3n) is 4.55. The van der Waals surface area contributed by atoms with Gasteiger partial charge < -0.3 is 20.1 Å². The lowest BCUT2D eigenvalue weighted by Gasteiger charge is -2.13. The quantitative estimate of drug-likeness (QED) is 0.549. The van der Waals surface area contributed by atoms with Crippen LogP contribution in [-0.4, -0.2) is 43.0 Å². The second-order valence-corrected chi connectivity index (χ2v) is 6.33. The maximum Gasteiger partial charge on any atom is 0.191 e. The van der Waals surface area contributed by atoms with Gasteiger partial charge in [-0.3, -0.25) is 4.68 Å². The summed E-state index contributed by atoms with van der Waals surface area (Å²) < 4.78 is 12.6. The summed E-state index contributed by atoms with van der Waals surface area (Å²) in [5, 5.41) is 11.1. The number of ether oxygens (including phenoxy) is 2. The Morgan fingerprint density at radius 2 is 1.89 bits per heavy atom. The fourth-order valence-corrected chi connectivity index (χ4v) is 2.91. The predicted molar refractivity (Wildman–Crippen MR) is 109 cm³/mol. The van der Waals surface area contributed by atoms with Gasteiger partial charge in [-0.2, -0.15) is 5.10 Å². The highest BCUT2D eigenvalue weighted by atomic mass is 16.5. The van der Waals surface area contributed by atoms with Crippen molar-refractivity contribution >= 4 is 5.96 Å². The Bertz CT molecular complexity index is 783. The average Bonchev–Trinajstić information content (AvgIpc) is 2.91. The van der Waals surface area contributed by atoms with Gasteiger partial charge >= 0.3 is 0 Å². The molecule has 0 atom stereocenters. The van der Waals surface area contributed by atoms with Crippen molar-refractivity contribution in [3.8, 4) is 11.5 Å². The van der Waals surface area contributed by atoms with Crippen LogP contribution in [0.3, 0.4) is 0 Å². The van der Waals surface area contributed by atoms with Crippen LogP contribution < -0.4 is 20.1 Å². The summed E-state index contributed by atoms with van der Waals surface area (Å²) in [6.45, 7) is 8.35. The van der Waals surface area contributed by atoms with E-state index in [1.54, 1.807) is 14.2 Å². The van der Waals surface area contributed by atoms with Crippen LogP contribution in [0.25, 0.3) is 0 Å². The first-order valence-corrected chi connectivity index (χ1v) is 9.22. The first-order chi connectivity index (χ1) is 13.0. The zero-order chi connectivity index (χ0) is 19.8. The second-order valence-electron chi connectivity index (χ2n) is 6.33. The van der Waals surface area contributed by atoms with Gasteiger partial charge in [-0.05, 0) is 44.9 Å². The van der Waals surface area contributed by atoms with Crippen LogP contribution in [0.4, 0.5) is 0 Å². The number of methoxy groups -OCH3 is 2. The van der Waals surface area contributed by atoms with Crippen molar-refractivity contribution in [3.63, 3.8) is 0 Å². The predicted octanol–water partition coefficient (Wildman–Crippen LogP) is 2.35. The number of nitrogens with zero attached hydrogens (tertiary/aromatic N) is 3. The molecular formula is C20H31N5O2. The summed E-state index contributed by atoms with van der Waals surface area (Å²) in [6, 6.07) is 5.99. The molecule has 0 spiro atoms. The number of aromatic nitrogens is 2. The van der Waals surface area contributed by atoms with Crippen molar-refractivity contribution in [2.45, 2.75) is 33.7 Å². The van der Waals surface area contributed by atoms with Crippen molar-refractivity contribution in [2.24, 2.45) is 12.0 Å². The lowest BCUT2D eigenvalue weighted by Crippen LogP contribution is -2.38. The zero-order valence-corrected chi connectivity index (χ0v) is 17.2. The molecule has 0 saturated heterocycles. The minimum absolute atomic E-state index is 0.608. The largest absolute Gasteiger partial charge is 0.493 e. The average molecular weight is 374 g/mol. The molecule has 0 aliphatic heterocycles. The number of guanidine groups is 1. The van der Waals surface area contributed by atoms with E-state index in [2.05, 4.69) is 35.6 Å². The van der Waals surface area contributed by atoms with Crippen LogP contribution in [0.2, 0.25) is 0 Å². The minimum atomic E-state index is 0.608. The third kappa shape index (κ3) is 5.39. The molecule has 2 aromatic rings. The number of hydrogen-bond donors (Lipinski definition) is 2.